The Hall–Kier alpha value is -1.73. The van der Waals surface area contributed by atoms with Crippen molar-refractivity contribution in [1.29, 1.82) is 0 Å². The average molecular weight is 277 g/mol. The van der Waals surface area contributed by atoms with Gasteiger partial charge in [-0.2, -0.15) is 23.1 Å². The molecule has 5 nitrogen and oxygen atoms in total. The number of nitrogen functional groups attached to an aromatic ring is 1. The SMILES string of the molecule is CCCNc1cc(N(C)CCC(F)(F)F)nc(N)n1. The second kappa shape index (κ2) is 6.44. The van der Waals surface area contributed by atoms with Gasteiger partial charge in [-0.3, -0.25) is 0 Å². The first-order valence-corrected chi connectivity index (χ1v) is 5.98. The van der Waals surface area contributed by atoms with Crippen molar-refractivity contribution in [3.63, 3.8) is 0 Å². The van der Waals surface area contributed by atoms with E-state index >= 15 is 0 Å². The number of halogens is 3. The zero-order valence-corrected chi connectivity index (χ0v) is 11.0. The van der Waals surface area contributed by atoms with Crippen LogP contribution in [0.4, 0.5) is 30.8 Å². The van der Waals surface area contributed by atoms with Gasteiger partial charge in [-0.25, -0.2) is 0 Å². The van der Waals surface area contributed by atoms with Crippen molar-refractivity contribution in [1.82, 2.24) is 9.97 Å². The maximum absolute atomic E-state index is 12.2. The Labute approximate surface area is 110 Å². The molecule has 3 N–H and O–H groups in total. The number of nitrogens with zero attached hydrogens (tertiary/aromatic N) is 3. The molecule has 8 heteroatoms. The predicted molar refractivity (Wildman–Crippen MR) is 69.2 cm³/mol. The topological polar surface area (TPSA) is 67.1 Å². The molecule has 0 radical (unpaired) electrons. The molecular formula is C11H18F3N5. The molecule has 0 aliphatic heterocycles. The van der Waals surface area contributed by atoms with E-state index in [0.29, 0.717) is 18.2 Å². The van der Waals surface area contributed by atoms with Gasteiger partial charge in [0.05, 0.1) is 6.42 Å². The van der Waals surface area contributed by atoms with Crippen LogP contribution < -0.4 is 16.0 Å². The van der Waals surface area contributed by atoms with Crippen LogP contribution in [0, 0.1) is 0 Å². The number of hydrogen-bond acceptors (Lipinski definition) is 5. The first-order valence-electron chi connectivity index (χ1n) is 5.98. The van der Waals surface area contributed by atoms with E-state index in [1.807, 2.05) is 6.92 Å². The molecule has 0 unspecified atom stereocenters. The lowest BCUT2D eigenvalue weighted by Crippen LogP contribution is -2.25. The van der Waals surface area contributed by atoms with E-state index in [9.17, 15) is 13.2 Å². The second-order valence-electron chi connectivity index (χ2n) is 4.18. The molecule has 19 heavy (non-hydrogen) atoms. The third kappa shape index (κ3) is 5.62. The van der Waals surface area contributed by atoms with Crippen LogP contribution in [0.25, 0.3) is 0 Å². The molecule has 0 bridgehead atoms. The lowest BCUT2D eigenvalue weighted by molar-refractivity contribution is -0.132. The average Bonchev–Trinajstić information content (AvgIpc) is 2.31. The van der Waals surface area contributed by atoms with Crippen LogP contribution in [-0.2, 0) is 0 Å². The summed E-state index contributed by atoms with van der Waals surface area (Å²) in [6.07, 6.45) is -4.18. The summed E-state index contributed by atoms with van der Waals surface area (Å²) >= 11 is 0. The minimum atomic E-state index is -4.18. The number of nitrogens with one attached hydrogen (secondary N) is 1. The van der Waals surface area contributed by atoms with Crippen LogP contribution >= 0.6 is 0 Å². The van der Waals surface area contributed by atoms with Crippen LogP contribution in [0.5, 0.6) is 0 Å². The summed E-state index contributed by atoms with van der Waals surface area (Å²) in [7, 11) is 1.54. The highest BCUT2D eigenvalue weighted by Crippen LogP contribution is 2.22. The van der Waals surface area contributed by atoms with E-state index in [4.69, 9.17) is 5.73 Å². The third-order valence-electron chi connectivity index (χ3n) is 2.41. The van der Waals surface area contributed by atoms with Gasteiger partial charge < -0.3 is 16.0 Å². The van der Waals surface area contributed by atoms with Crippen molar-refractivity contribution < 1.29 is 13.2 Å². The Morgan fingerprint density at radius 2 is 2.05 bits per heavy atom. The summed E-state index contributed by atoms with van der Waals surface area (Å²) in [5.74, 6) is 0.925. The summed E-state index contributed by atoms with van der Waals surface area (Å²) in [4.78, 5) is 9.30. The Bertz CT molecular complexity index is 408. The molecule has 1 aromatic rings. The van der Waals surface area contributed by atoms with Crippen molar-refractivity contribution in [2.75, 3.05) is 36.1 Å². The van der Waals surface area contributed by atoms with Gasteiger partial charge in [0, 0.05) is 26.2 Å². The first kappa shape index (κ1) is 15.3. The standard InChI is InChI=1S/C11H18F3N5/c1-3-5-16-8-7-9(18-10(15)17-8)19(2)6-4-11(12,13)14/h7H,3-6H2,1-2H3,(H3,15,16,17,18). The van der Waals surface area contributed by atoms with Crippen molar-refractivity contribution >= 4 is 17.6 Å². The number of hydrogen-bond donors (Lipinski definition) is 2. The lowest BCUT2D eigenvalue weighted by Gasteiger charge is -2.20. The number of nitrogens with two attached hydrogens (primary N) is 1. The van der Waals surface area contributed by atoms with Crippen molar-refractivity contribution in [3.05, 3.63) is 6.07 Å². The van der Waals surface area contributed by atoms with E-state index in [0.717, 1.165) is 6.42 Å². The van der Waals surface area contributed by atoms with E-state index in [1.165, 1.54) is 11.9 Å². The smallest absolute Gasteiger partial charge is 0.370 e. The molecular weight excluding hydrogens is 259 g/mol. The van der Waals surface area contributed by atoms with Gasteiger partial charge in [0.15, 0.2) is 0 Å². The zero-order chi connectivity index (χ0) is 14.5. The zero-order valence-electron chi connectivity index (χ0n) is 11.0. The molecule has 0 aliphatic carbocycles. The molecule has 0 amide bonds. The largest absolute Gasteiger partial charge is 0.390 e. The van der Waals surface area contributed by atoms with E-state index in [-0.39, 0.29) is 12.5 Å². The number of anilines is 3. The Morgan fingerprint density at radius 3 is 2.63 bits per heavy atom. The van der Waals surface area contributed by atoms with E-state index in [2.05, 4.69) is 15.3 Å². The molecule has 0 aliphatic rings. The second-order valence-corrected chi connectivity index (χ2v) is 4.18. The lowest BCUT2D eigenvalue weighted by atomic mass is 10.3. The van der Waals surface area contributed by atoms with Crippen LogP contribution in [0.1, 0.15) is 19.8 Å². The van der Waals surface area contributed by atoms with Crippen LogP contribution in [0.2, 0.25) is 0 Å². The van der Waals surface area contributed by atoms with Gasteiger partial charge in [0.1, 0.15) is 11.6 Å². The number of rotatable bonds is 6. The summed E-state index contributed by atoms with van der Waals surface area (Å²) in [6.45, 7) is 2.53. The van der Waals surface area contributed by atoms with E-state index in [1.54, 1.807) is 6.07 Å². The Balaban J connectivity index is 2.73. The molecule has 0 aromatic carbocycles. The van der Waals surface area contributed by atoms with Crippen LogP contribution in [0.15, 0.2) is 6.07 Å². The monoisotopic (exact) mass is 277 g/mol. The summed E-state index contributed by atoms with van der Waals surface area (Å²) in [5, 5.41) is 3.02. The van der Waals surface area contributed by atoms with Gasteiger partial charge in [0.2, 0.25) is 5.95 Å². The molecule has 0 spiro atoms. The molecule has 0 saturated carbocycles. The molecule has 0 saturated heterocycles. The van der Waals surface area contributed by atoms with Gasteiger partial charge >= 0.3 is 6.18 Å². The summed E-state index contributed by atoms with van der Waals surface area (Å²) in [6, 6.07) is 1.59. The molecule has 1 rings (SSSR count). The van der Waals surface area contributed by atoms with Crippen LogP contribution in [0.3, 0.4) is 0 Å². The fourth-order valence-electron chi connectivity index (χ4n) is 1.40. The minimum Gasteiger partial charge on any atom is -0.370 e. The summed E-state index contributed by atoms with van der Waals surface area (Å²) in [5.41, 5.74) is 5.54. The first-order chi connectivity index (χ1) is 8.81. The fourth-order valence-corrected chi connectivity index (χ4v) is 1.40. The van der Waals surface area contributed by atoms with Crippen molar-refractivity contribution in [3.8, 4) is 0 Å². The minimum absolute atomic E-state index is 0.0370. The molecule has 1 aromatic heterocycles. The van der Waals surface area contributed by atoms with Gasteiger partial charge in [0.25, 0.3) is 0 Å². The van der Waals surface area contributed by atoms with Crippen molar-refractivity contribution in [2.24, 2.45) is 0 Å². The van der Waals surface area contributed by atoms with Crippen LogP contribution in [-0.4, -0.2) is 36.3 Å². The molecule has 0 fully saturated rings. The predicted octanol–water partition coefficient (Wildman–Crippen LogP) is 2.27. The van der Waals surface area contributed by atoms with Gasteiger partial charge in [-0.1, -0.05) is 6.92 Å². The Morgan fingerprint density at radius 1 is 1.37 bits per heavy atom. The quantitative estimate of drug-likeness (QED) is 0.835. The van der Waals surface area contributed by atoms with Gasteiger partial charge in [-0.05, 0) is 6.42 Å². The highest BCUT2D eigenvalue weighted by Gasteiger charge is 2.27. The molecule has 1 heterocycles. The summed E-state index contributed by atoms with van der Waals surface area (Å²) < 4.78 is 36.5. The van der Waals surface area contributed by atoms with Crippen molar-refractivity contribution in [2.45, 2.75) is 25.9 Å². The Kier molecular flexibility index (Phi) is 5.20. The maximum Gasteiger partial charge on any atom is 0.390 e. The molecule has 0 atom stereocenters. The maximum atomic E-state index is 12.2. The third-order valence-corrected chi connectivity index (χ3v) is 2.41. The van der Waals surface area contributed by atoms with E-state index < -0.39 is 12.6 Å². The highest BCUT2D eigenvalue weighted by atomic mass is 19.4. The normalized spacial score (nSPS) is 11.4. The molecule has 108 valence electrons. The highest BCUT2D eigenvalue weighted by molar-refractivity contribution is 5.52. The number of aromatic nitrogens is 2. The fraction of sp³-hybridized carbons (Fsp3) is 0.636. The number of alkyl halides is 3. The van der Waals surface area contributed by atoms with Gasteiger partial charge in [-0.15, -0.1) is 0 Å².